The molecule has 16 heavy (non-hydrogen) atoms. The molecule has 0 amide bonds. The van der Waals surface area contributed by atoms with Crippen LogP contribution in [0.2, 0.25) is 0 Å². The third-order valence-electron chi connectivity index (χ3n) is 2.26. The van der Waals surface area contributed by atoms with E-state index in [2.05, 4.69) is 17.1 Å². The molecule has 0 spiro atoms. The van der Waals surface area contributed by atoms with E-state index in [9.17, 15) is 0 Å². The molecule has 3 heteroatoms. The van der Waals surface area contributed by atoms with Crippen LogP contribution >= 0.6 is 0 Å². The average molecular weight is 214 g/mol. The van der Waals surface area contributed by atoms with Gasteiger partial charge in [-0.3, -0.25) is 0 Å². The Morgan fingerprint density at radius 2 is 1.88 bits per heavy atom. The molecule has 0 saturated carbocycles. The number of ether oxygens (including phenoxy) is 1. The minimum absolute atomic E-state index is 0.510. The van der Waals surface area contributed by atoms with Gasteiger partial charge < -0.3 is 10.5 Å². The Kier molecular flexibility index (Phi) is 3.38. The summed E-state index contributed by atoms with van der Waals surface area (Å²) >= 11 is 0. The molecule has 2 rings (SSSR count). The van der Waals surface area contributed by atoms with Gasteiger partial charge in [0.15, 0.2) is 0 Å². The van der Waals surface area contributed by atoms with Crippen LogP contribution in [0.3, 0.4) is 0 Å². The zero-order chi connectivity index (χ0) is 11.2. The Morgan fingerprint density at radius 1 is 1.06 bits per heavy atom. The van der Waals surface area contributed by atoms with Crippen LogP contribution in [0.25, 0.3) is 0 Å². The molecule has 1 heterocycles. The molecule has 0 aliphatic heterocycles. The molecule has 0 aliphatic carbocycles. The SMILES string of the molecule is Nc1ccc(OCCc2ccccc2)cn1. The van der Waals surface area contributed by atoms with Crippen LogP contribution in [0, 0.1) is 0 Å². The maximum atomic E-state index is 5.55. The quantitative estimate of drug-likeness (QED) is 0.849. The summed E-state index contributed by atoms with van der Waals surface area (Å²) in [4.78, 5) is 3.96. The van der Waals surface area contributed by atoms with Crippen molar-refractivity contribution in [3.63, 3.8) is 0 Å². The fraction of sp³-hybridized carbons (Fsp3) is 0.154. The molecule has 82 valence electrons. The Hall–Kier alpha value is -2.03. The van der Waals surface area contributed by atoms with E-state index in [-0.39, 0.29) is 0 Å². The van der Waals surface area contributed by atoms with Crippen molar-refractivity contribution in [3.05, 3.63) is 54.2 Å². The lowest BCUT2D eigenvalue weighted by atomic mass is 10.2. The van der Waals surface area contributed by atoms with Crippen molar-refractivity contribution >= 4 is 5.82 Å². The molecule has 0 bridgehead atoms. The molecule has 2 aromatic rings. The minimum atomic E-state index is 0.510. The van der Waals surface area contributed by atoms with Crippen molar-refractivity contribution in [1.29, 1.82) is 0 Å². The molecular formula is C13H14N2O. The number of anilines is 1. The highest BCUT2D eigenvalue weighted by molar-refractivity contribution is 5.32. The summed E-state index contributed by atoms with van der Waals surface area (Å²) in [5.41, 5.74) is 6.75. The number of nitrogens with zero attached hydrogens (tertiary/aromatic N) is 1. The predicted molar refractivity (Wildman–Crippen MR) is 64.3 cm³/mol. The Balaban J connectivity index is 1.82. The van der Waals surface area contributed by atoms with Crippen LogP contribution in [-0.4, -0.2) is 11.6 Å². The van der Waals surface area contributed by atoms with Gasteiger partial charge in [0, 0.05) is 6.42 Å². The fourth-order valence-corrected chi connectivity index (χ4v) is 1.41. The van der Waals surface area contributed by atoms with E-state index in [0.717, 1.165) is 12.2 Å². The number of rotatable bonds is 4. The van der Waals surface area contributed by atoms with Gasteiger partial charge in [0.1, 0.15) is 11.6 Å². The molecule has 0 saturated heterocycles. The van der Waals surface area contributed by atoms with Crippen molar-refractivity contribution < 1.29 is 4.74 Å². The average Bonchev–Trinajstić information content (AvgIpc) is 2.33. The standard InChI is InChI=1S/C13H14N2O/c14-13-7-6-12(10-15-13)16-9-8-11-4-2-1-3-5-11/h1-7,10H,8-9H2,(H2,14,15). The first-order valence-electron chi connectivity index (χ1n) is 5.23. The van der Waals surface area contributed by atoms with Crippen molar-refractivity contribution in [3.8, 4) is 5.75 Å². The van der Waals surface area contributed by atoms with E-state index in [0.29, 0.717) is 12.4 Å². The first kappa shape index (κ1) is 10.5. The highest BCUT2D eigenvalue weighted by atomic mass is 16.5. The summed E-state index contributed by atoms with van der Waals surface area (Å²) in [6.07, 6.45) is 2.53. The van der Waals surface area contributed by atoms with Gasteiger partial charge in [-0.25, -0.2) is 4.98 Å². The number of nitrogens with two attached hydrogens (primary N) is 1. The number of benzene rings is 1. The van der Waals surface area contributed by atoms with E-state index in [4.69, 9.17) is 10.5 Å². The number of aromatic nitrogens is 1. The van der Waals surface area contributed by atoms with Crippen LogP contribution in [0.5, 0.6) is 5.75 Å². The first-order valence-corrected chi connectivity index (χ1v) is 5.23. The lowest BCUT2D eigenvalue weighted by Crippen LogP contribution is -2.01. The fourth-order valence-electron chi connectivity index (χ4n) is 1.41. The van der Waals surface area contributed by atoms with E-state index < -0.39 is 0 Å². The topological polar surface area (TPSA) is 48.1 Å². The predicted octanol–water partition coefficient (Wildman–Crippen LogP) is 2.29. The number of hydrogen-bond donors (Lipinski definition) is 1. The highest BCUT2D eigenvalue weighted by Crippen LogP contribution is 2.10. The number of nitrogen functional groups attached to an aromatic ring is 1. The minimum Gasteiger partial charge on any atom is -0.492 e. The second-order valence-electron chi connectivity index (χ2n) is 3.50. The second-order valence-corrected chi connectivity index (χ2v) is 3.50. The monoisotopic (exact) mass is 214 g/mol. The smallest absolute Gasteiger partial charge is 0.137 e. The molecule has 0 fully saturated rings. The van der Waals surface area contributed by atoms with E-state index in [1.165, 1.54) is 5.56 Å². The van der Waals surface area contributed by atoms with Crippen LogP contribution in [0.15, 0.2) is 48.7 Å². The molecule has 0 atom stereocenters. The summed E-state index contributed by atoms with van der Waals surface area (Å²) in [5, 5.41) is 0. The normalized spacial score (nSPS) is 10.0. The third-order valence-corrected chi connectivity index (χ3v) is 2.26. The van der Waals surface area contributed by atoms with Gasteiger partial charge in [-0.15, -0.1) is 0 Å². The zero-order valence-electron chi connectivity index (χ0n) is 8.97. The molecule has 0 radical (unpaired) electrons. The van der Waals surface area contributed by atoms with Crippen LogP contribution in [0.1, 0.15) is 5.56 Å². The molecule has 2 N–H and O–H groups in total. The van der Waals surface area contributed by atoms with Crippen molar-refractivity contribution in [1.82, 2.24) is 4.98 Å². The largest absolute Gasteiger partial charge is 0.492 e. The summed E-state index contributed by atoms with van der Waals surface area (Å²) in [6, 6.07) is 13.8. The molecule has 3 nitrogen and oxygen atoms in total. The maximum Gasteiger partial charge on any atom is 0.137 e. The third kappa shape index (κ3) is 2.98. The van der Waals surface area contributed by atoms with Gasteiger partial charge in [0.25, 0.3) is 0 Å². The van der Waals surface area contributed by atoms with E-state index in [1.807, 2.05) is 24.3 Å². The van der Waals surface area contributed by atoms with Gasteiger partial charge in [-0.05, 0) is 17.7 Å². The number of pyridine rings is 1. The lowest BCUT2D eigenvalue weighted by molar-refractivity contribution is 0.321. The summed E-state index contributed by atoms with van der Waals surface area (Å²) in [7, 11) is 0. The van der Waals surface area contributed by atoms with Crippen LogP contribution in [-0.2, 0) is 6.42 Å². The van der Waals surface area contributed by atoms with Gasteiger partial charge in [-0.1, -0.05) is 30.3 Å². The van der Waals surface area contributed by atoms with E-state index in [1.54, 1.807) is 12.3 Å². The Bertz CT molecular complexity index is 425. The summed E-state index contributed by atoms with van der Waals surface area (Å²) in [5.74, 6) is 1.26. The van der Waals surface area contributed by atoms with Gasteiger partial charge in [-0.2, -0.15) is 0 Å². The van der Waals surface area contributed by atoms with Crippen LogP contribution in [0.4, 0.5) is 5.82 Å². The maximum absolute atomic E-state index is 5.55. The summed E-state index contributed by atoms with van der Waals surface area (Å²) < 4.78 is 5.55. The van der Waals surface area contributed by atoms with Gasteiger partial charge in [0.05, 0.1) is 12.8 Å². The molecule has 0 aliphatic rings. The summed E-state index contributed by atoms with van der Waals surface area (Å²) in [6.45, 7) is 0.648. The zero-order valence-corrected chi connectivity index (χ0v) is 8.97. The van der Waals surface area contributed by atoms with Gasteiger partial charge in [0.2, 0.25) is 0 Å². The molecule has 0 unspecified atom stereocenters. The van der Waals surface area contributed by atoms with E-state index >= 15 is 0 Å². The van der Waals surface area contributed by atoms with Crippen molar-refractivity contribution in [2.45, 2.75) is 6.42 Å². The Labute approximate surface area is 94.9 Å². The Morgan fingerprint density at radius 3 is 2.56 bits per heavy atom. The van der Waals surface area contributed by atoms with Gasteiger partial charge >= 0.3 is 0 Å². The lowest BCUT2D eigenvalue weighted by Gasteiger charge is -2.05. The number of hydrogen-bond acceptors (Lipinski definition) is 3. The first-order chi connectivity index (χ1) is 7.84. The second kappa shape index (κ2) is 5.16. The van der Waals surface area contributed by atoms with Crippen LogP contribution < -0.4 is 10.5 Å². The molecule has 1 aromatic heterocycles. The highest BCUT2D eigenvalue weighted by Gasteiger charge is 1.95. The molecule has 1 aromatic carbocycles. The molecular weight excluding hydrogens is 200 g/mol. The van der Waals surface area contributed by atoms with Crippen molar-refractivity contribution in [2.75, 3.05) is 12.3 Å². The van der Waals surface area contributed by atoms with Crippen molar-refractivity contribution in [2.24, 2.45) is 0 Å².